The van der Waals surface area contributed by atoms with E-state index in [1.54, 1.807) is 25.1 Å². The molecular weight excluding hydrogens is 442 g/mol. The van der Waals surface area contributed by atoms with Crippen LogP contribution in [0.1, 0.15) is 24.1 Å². The van der Waals surface area contributed by atoms with Gasteiger partial charge < -0.3 is 4.74 Å². The molecule has 2 aromatic carbocycles. The van der Waals surface area contributed by atoms with Crippen LogP contribution >= 0.6 is 11.3 Å². The lowest BCUT2D eigenvalue weighted by molar-refractivity contribution is -0.384. The van der Waals surface area contributed by atoms with E-state index in [0.717, 1.165) is 5.56 Å². The van der Waals surface area contributed by atoms with Crippen molar-refractivity contribution in [3.05, 3.63) is 119 Å². The first kappa shape index (κ1) is 22.1. The highest BCUT2D eigenvalue weighted by Crippen LogP contribution is 2.30. The SMILES string of the molecule is C=CCOC(=O)C1=C(C)N=c2s/c(=C\c3ccc([N+](=O)[O-])cc3)c(=O)n2C1c1ccccc1. The van der Waals surface area contributed by atoms with Crippen LogP contribution in [0.2, 0.25) is 0 Å². The first-order chi connectivity index (χ1) is 15.9. The van der Waals surface area contributed by atoms with Crippen molar-refractivity contribution in [3.63, 3.8) is 0 Å². The molecule has 0 fully saturated rings. The standard InChI is InChI=1S/C24H19N3O5S/c1-3-13-32-23(29)20-15(2)25-24-26(21(20)17-7-5-4-6-8-17)22(28)19(33-24)14-16-9-11-18(12-10-16)27(30)31/h3-12,14,21H,1,13H2,2H3/b19-14-. The first-order valence-corrected chi connectivity index (χ1v) is 10.8. The summed E-state index contributed by atoms with van der Waals surface area (Å²) >= 11 is 1.19. The van der Waals surface area contributed by atoms with Gasteiger partial charge in [0.2, 0.25) is 0 Å². The summed E-state index contributed by atoms with van der Waals surface area (Å²) in [6, 6.07) is 14.4. The maximum atomic E-state index is 13.4. The van der Waals surface area contributed by atoms with E-state index in [1.807, 2.05) is 30.3 Å². The largest absolute Gasteiger partial charge is 0.458 e. The lowest BCUT2D eigenvalue weighted by Gasteiger charge is -2.24. The lowest BCUT2D eigenvalue weighted by Crippen LogP contribution is -2.39. The maximum Gasteiger partial charge on any atom is 0.338 e. The van der Waals surface area contributed by atoms with Gasteiger partial charge in [0.15, 0.2) is 4.80 Å². The fourth-order valence-corrected chi connectivity index (χ4v) is 4.64. The molecule has 2 heterocycles. The summed E-state index contributed by atoms with van der Waals surface area (Å²) in [4.78, 5) is 41.7. The molecule has 0 N–H and O–H groups in total. The van der Waals surface area contributed by atoms with E-state index in [0.29, 0.717) is 20.6 Å². The normalized spacial score (nSPS) is 15.5. The topological polar surface area (TPSA) is 104 Å². The average Bonchev–Trinajstić information content (AvgIpc) is 3.11. The zero-order valence-corrected chi connectivity index (χ0v) is 18.5. The first-order valence-electron chi connectivity index (χ1n) is 10.0. The van der Waals surface area contributed by atoms with Crippen LogP contribution in [-0.4, -0.2) is 22.1 Å². The van der Waals surface area contributed by atoms with Crippen LogP contribution in [0, 0.1) is 10.1 Å². The fraction of sp³-hybridized carbons (Fsp3) is 0.125. The van der Waals surface area contributed by atoms with Crippen molar-refractivity contribution in [2.45, 2.75) is 13.0 Å². The molecule has 1 aromatic heterocycles. The molecule has 0 amide bonds. The number of hydrogen-bond donors (Lipinski definition) is 0. The van der Waals surface area contributed by atoms with Gasteiger partial charge in [-0.25, -0.2) is 9.79 Å². The molecule has 9 heteroatoms. The minimum atomic E-state index is -0.696. The van der Waals surface area contributed by atoms with E-state index in [4.69, 9.17) is 4.74 Å². The smallest absolute Gasteiger partial charge is 0.338 e. The Hall–Kier alpha value is -4.11. The van der Waals surface area contributed by atoms with Gasteiger partial charge >= 0.3 is 5.97 Å². The molecule has 1 unspecified atom stereocenters. The molecule has 0 spiro atoms. The molecule has 3 aromatic rings. The highest BCUT2D eigenvalue weighted by atomic mass is 32.1. The number of benzene rings is 2. The number of nitro groups is 1. The van der Waals surface area contributed by atoms with Gasteiger partial charge in [-0.2, -0.15) is 0 Å². The van der Waals surface area contributed by atoms with Gasteiger partial charge in [0.05, 0.1) is 26.8 Å². The van der Waals surface area contributed by atoms with Gasteiger partial charge in [0.25, 0.3) is 11.2 Å². The van der Waals surface area contributed by atoms with Crippen LogP contribution in [0.5, 0.6) is 0 Å². The number of esters is 1. The van der Waals surface area contributed by atoms with E-state index in [9.17, 15) is 19.7 Å². The Balaban J connectivity index is 1.88. The third-order valence-corrected chi connectivity index (χ3v) is 6.07. The Bertz CT molecular complexity index is 1450. The van der Waals surface area contributed by atoms with Gasteiger partial charge in [-0.15, -0.1) is 0 Å². The lowest BCUT2D eigenvalue weighted by atomic mass is 9.96. The second-order valence-electron chi connectivity index (χ2n) is 7.23. The average molecular weight is 461 g/mol. The number of nitrogens with zero attached hydrogens (tertiary/aromatic N) is 3. The van der Waals surface area contributed by atoms with Crippen molar-refractivity contribution in [3.8, 4) is 0 Å². The summed E-state index contributed by atoms with van der Waals surface area (Å²) in [5, 5.41) is 10.9. The fourth-order valence-electron chi connectivity index (χ4n) is 3.59. The van der Waals surface area contributed by atoms with E-state index < -0.39 is 16.9 Å². The molecule has 0 saturated carbocycles. The summed E-state index contributed by atoms with van der Waals surface area (Å²) in [5.74, 6) is -0.561. The van der Waals surface area contributed by atoms with Crippen LogP contribution in [0.4, 0.5) is 5.69 Å². The zero-order valence-electron chi connectivity index (χ0n) is 17.6. The Morgan fingerprint density at radius 1 is 1.24 bits per heavy atom. The second-order valence-corrected chi connectivity index (χ2v) is 8.24. The molecule has 1 atom stereocenters. The van der Waals surface area contributed by atoms with Crippen LogP contribution < -0.4 is 14.9 Å². The van der Waals surface area contributed by atoms with E-state index in [-0.39, 0.29) is 23.4 Å². The Labute approximate surface area is 192 Å². The molecular formula is C24H19N3O5S. The van der Waals surface area contributed by atoms with E-state index >= 15 is 0 Å². The summed E-state index contributed by atoms with van der Waals surface area (Å²) < 4.78 is 7.19. The Morgan fingerprint density at radius 3 is 2.58 bits per heavy atom. The zero-order chi connectivity index (χ0) is 23.5. The van der Waals surface area contributed by atoms with Crippen molar-refractivity contribution in [2.75, 3.05) is 6.61 Å². The van der Waals surface area contributed by atoms with Crippen LogP contribution in [0.15, 0.2) is 88.3 Å². The number of thiazole rings is 1. The number of aromatic nitrogens is 1. The molecule has 1 aliphatic rings. The van der Waals surface area contributed by atoms with Gasteiger partial charge in [-0.05, 0) is 36.3 Å². The van der Waals surface area contributed by atoms with Crippen molar-refractivity contribution in [1.82, 2.24) is 4.57 Å². The van der Waals surface area contributed by atoms with Gasteiger partial charge in [-0.1, -0.05) is 54.3 Å². The number of ether oxygens (including phenoxy) is 1. The number of rotatable bonds is 6. The summed E-state index contributed by atoms with van der Waals surface area (Å²) in [7, 11) is 0. The van der Waals surface area contributed by atoms with Gasteiger partial charge in [0, 0.05) is 12.1 Å². The molecule has 0 saturated heterocycles. The van der Waals surface area contributed by atoms with Crippen LogP contribution in [0.25, 0.3) is 6.08 Å². The number of nitro benzene ring substituents is 1. The minimum absolute atomic E-state index is 0.0315. The van der Waals surface area contributed by atoms with Gasteiger partial charge in [-0.3, -0.25) is 19.5 Å². The number of hydrogen-bond acceptors (Lipinski definition) is 7. The maximum absolute atomic E-state index is 13.4. The Morgan fingerprint density at radius 2 is 1.94 bits per heavy atom. The van der Waals surface area contributed by atoms with Crippen molar-refractivity contribution < 1.29 is 14.5 Å². The minimum Gasteiger partial charge on any atom is -0.458 e. The molecule has 4 rings (SSSR count). The number of allylic oxidation sites excluding steroid dienone is 1. The number of carbonyl (C=O) groups is 1. The quantitative estimate of drug-likeness (QED) is 0.243. The molecule has 8 nitrogen and oxygen atoms in total. The van der Waals surface area contributed by atoms with Crippen molar-refractivity contribution in [1.29, 1.82) is 0 Å². The molecule has 0 aliphatic carbocycles. The number of fused-ring (bicyclic) bond motifs is 1. The molecule has 0 radical (unpaired) electrons. The molecule has 1 aliphatic heterocycles. The molecule has 166 valence electrons. The summed E-state index contributed by atoms with van der Waals surface area (Å²) in [5.41, 5.74) is 1.81. The second kappa shape index (κ2) is 9.17. The van der Waals surface area contributed by atoms with E-state index in [1.165, 1.54) is 34.1 Å². The third-order valence-electron chi connectivity index (χ3n) is 5.09. The third kappa shape index (κ3) is 4.31. The highest BCUT2D eigenvalue weighted by molar-refractivity contribution is 7.07. The predicted octanol–water partition coefficient (Wildman–Crippen LogP) is 2.87. The molecule has 33 heavy (non-hydrogen) atoms. The summed E-state index contributed by atoms with van der Waals surface area (Å²) in [6.45, 7) is 5.33. The van der Waals surface area contributed by atoms with Crippen molar-refractivity contribution in [2.24, 2.45) is 4.99 Å². The molecule has 0 bridgehead atoms. The number of non-ortho nitro benzene ring substituents is 1. The van der Waals surface area contributed by atoms with E-state index in [2.05, 4.69) is 11.6 Å². The monoisotopic (exact) mass is 461 g/mol. The van der Waals surface area contributed by atoms with Crippen molar-refractivity contribution >= 4 is 29.1 Å². The van der Waals surface area contributed by atoms with Crippen LogP contribution in [0.3, 0.4) is 0 Å². The number of carbonyl (C=O) groups excluding carboxylic acids is 1. The predicted molar refractivity (Wildman–Crippen MR) is 124 cm³/mol. The Kier molecular flexibility index (Phi) is 6.14. The van der Waals surface area contributed by atoms with Gasteiger partial charge in [0.1, 0.15) is 6.61 Å². The highest BCUT2D eigenvalue weighted by Gasteiger charge is 2.33. The summed E-state index contributed by atoms with van der Waals surface area (Å²) in [6.07, 6.45) is 3.13. The van der Waals surface area contributed by atoms with Crippen LogP contribution in [-0.2, 0) is 9.53 Å².